The first-order valence-electron chi connectivity index (χ1n) is 4.45. The Morgan fingerprint density at radius 2 is 2.31 bits per heavy atom. The Labute approximate surface area is 85.9 Å². The highest BCUT2D eigenvalue weighted by molar-refractivity contribution is 9.10. The highest BCUT2D eigenvalue weighted by Gasteiger charge is 1.99. The van der Waals surface area contributed by atoms with Gasteiger partial charge in [-0.2, -0.15) is 0 Å². The molecule has 0 aliphatic heterocycles. The Bertz CT molecular complexity index is 322. The van der Waals surface area contributed by atoms with Crippen LogP contribution in [0.1, 0.15) is 26.2 Å². The average Bonchev–Trinajstić information content (AvgIpc) is 2.13. The first kappa shape index (κ1) is 10.4. The topological polar surface area (TPSA) is 34.9 Å². The minimum absolute atomic E-state index is 0.00565. The van der Waals surface area contributed by atoms with Crippen LogP contribution in [0, 0.1) is 0 Å². The molecule has 4 heteroatoms. The van der Waals surface area contributed by atoms with Crippen molar-refractivity contribution in [2.75, 3.05) is 0 Å². The lowest BCUT2D eigenvalue weighted by Gasteiger charge is -2.03. The van der Waals surface area contributed by atoms with E-state index in [0.717, 1.165) is 25.8 Å². The largest absolute Gasteiger partial charge is 0.298 e. The summed E-state index contributed by atoms with van der Waals surface area (Å²) in [7, 11) is 0. The van der Waals surface area contributed by atoms with Gasteiger partial charge in [-0.05, 0) is 22.4 Å². The van der Waals surface area contributed by atoms with Crippen molar-refractivity contribution in [3.05, 3.63) is 27.4 Å². The summed E-state index contributed by atoms with van der Waals surface area (Å²) in [6, 6.07) is 0. The smallest absolute Gasteiger partial charge is 0.267 e. The van der Waals surface area contributed by atoms with Gasteiger partial charge in [-0.1, -0.05) is 19.8 Å². The zero-order valence-electron chi connectivity index (χ0n) is 7.66. The SMILES string of the molecule is CCCCCn1cncc(Br)c1=O. The Balaban J connectivity index is 2.67. The predicted molar refractivity (Wildman–Crippen MR) is 55.7 cm³/mol. The molecule has 0 saturated carbocycles. The normalized spacial score (nSPS) is 10.3. The van der Waals surface area contributed by atoms with Crippen molar-refractivity contribution >= 4 is 15.9 Å². The fraction of sp³-hybridized carbons (Fsp3) is 0.556. The molecule has 0 saturated heterocycles. The predicted octanol–water partition coefficient (Wildman–Crippen LogP) is 2.20. The number of aryl methyl sites for hydroxylation is 1. The number of hydrogen-bond donors (Lipinski definition) is 0. The number of nitrogens with zero attached hydrogens (tertiary/aromatic N) is 2. The number of aromatic nitrogens is 2. The molecule has 0 fully saturated rings. The molecule has 1 aromatic rings. The monoisotopic (exact) mass is 244 g/mol. The lowest BCUT2D eigenvalue weighted by Crippen LogP contribution is -2.20. The number of rotatable bonds is 4. The van der Waals surface area contributed by atoms with Crippen LogP contribution in [0.3, 0.4) is 0 Å². The molecule has 3 nitrogen and oxygen atoms in total. The summed E-state index contributed by atoms with van der Waals surface area (Å²) < 4.78 is 2.17. The maximum absolute atomic E-state index is 11.4. The van der Waals surface area contributed by atoms with E-state index in [1.54, 1.807) is 10.9 Å². The number of hydrogen-bond acceptors (Lipinski definition) is 2. The first-order valence-corrected chi connectivity index (χ1v) is 5.25. The lowest BCUT2D eigenvalue weighted by atomic mass is 10.2. The lowest BCUT2D eigenvalue weighted by molar-refractivity contribution is 0.578. The van der Waals surface area contributed by atoms with Crippen molar-refractivity contribution in [2.24, 2.45) is 0 Å². The summed E-state index contributed by atoms with van der Waals surface area (Å²) in [5.41, 5.74) is 0.00565. The van der Waals surface area contributed by atoms with E-state index < -0.39 is 0 Å². The minimum atomic E-state index is 0.00565. The zero-order chi connectivity index (χ0) is 9.68. The summed E-state index contributed by atoms with van der Waals surface area (Å²) in [4.78, 5) is 15.4. The second-order valence-corrected chi connectivity index (χ2v) is 3.80. The molecule has 0 unspecified atom stereocenters. The highest BCUT2D eigenvalue weighted by Crippen LogP contribution is 2.00. The molecule has 13 heavy (non-hydrogen) atoms. The summed E-state index contributed by atoms with van der Waals surface area (Å²) in [5, 5.41) is 0. The quantitative estimate of drug-likeness (QED) is 0.762. The fourth-order valence-corrected chi connectivity index (χ4v) is 1.46. The van der Waals surface area contributed by atoms with Crippen molar-refractivity contribution in [3.8, 4) is 0 Å². The molecule has 1 heterocycles. The maximum atomic E-state index is 11.4. The Kier molecular flexibility index (Phi) is 4.15. The van der Waals surface area contributed by atoms with Gasteiger partial charge in [0.05, 0.1) is 6.33 Å². The van der Waals surface area contributed by atoms with Crippen LogP contribution in [-0.4, -0.2) is 9.55 Å². The van der Waals surface area contributed by atoms with Gasteiger partial charge in [-0.3, -0.25) is 9.36 Å². The molecule has 0 aliphatic rings. The summed E-state index contributed by atoms with van der Waals surface area (Å²) >= 11 is 3.16. The van der Waals surface area contributed by atoms with Crippen LogP contribution in [0.5, 0.6) is 0 Å². The molecule has 0 spiro atoms. The Morgan fingerprint density at radius 1 is 1.54 bits per heavy atom. The van der Waals surface area contributed by atoms with E-state index in [-0.39, 0.29) is 5.56 Å². The summed E-state index contributed by atoms with van der Waals surface area (Å²) in [6.45, 7) is 2.90. The highest BCUT2D eigenvalue weighted by atomic mass is 79.9. The van der Waals surface area contributed by atoms with Crippen LogP contribution in [0.2, 0.25) is 0 Å². The zero-order valence-corrected chi connectivity index (χ0v) is 9.25. The number of halogens is 1. The summed E-state index contributed by atoms with van der Waals surface area (Å²) in [5.74, 6) is 0. The van der Waals surface area contributed by atoms with Crippen LogP contribution < -0.4 is 5.56 Å². The van der Waals surface area contributed by atoms with E-state index in [1.807, 2.05) is 0 Å². The molecule has 1 rings (SSSR count). The van der Waals surface area contributed by atoms with Gasteiger partial charge in [0.15, 0.2) is 0 Å². The molecule has 72 valence electrons. The molecule has 0 N–H and O–H groups in total. The van der Waals surface area contributed by atoms with Gasteiger partial charge in [0, 0.05) is 12.7 Å². The number of unbranched alkanes of at least 4 members (excludes halogenated alkanes) is 2. The summed E-state index contributed by atoms with van der Waals surface area (Å²) in [6.07, 6.45) is 6.46. The van der Waals surface area contributed by atoms with Crippen molar-refractivity contribution in [3.63, 3.8) is 0 Å². The van der Waals surface area contributed by atoms with E-state index in [2.05, 4.69) is 27.8 Å². The van der Waals surface area contributed by atoms with E-state index in [4.69, 9.17) is 0 Å². The van der Waals surface area contributed by atoms with E-state index >= 15 is 0 Å². The first-order chi connectivity index (χ1) is 6.25. The van der Waals surface area contributed by atoms with Gasteiger partial charge >= 0.3 is 0 Å². The second kappa shape index (κ2) is 5.17. The molecule has 0 atom stereocenters. The fourth-order valence-electron chi connectivity index (χ4n) is 1.12. The van der Waals surface area contributed by atoms with E-state index in [1.165, 1.54) is 6.20 Å². The van der Waals surface area contributed by atoms with Gasteiger partial charge in [-0.25, -0.2) is 4.98 Å². The molecule has 0 aliphatic carbocycles. The van der Waals surface area contributed by atoms with Crippen LogP contribution in [-0.2, 0) is 6.54 Å². The van der Waals surface area contributed by atoms with E-state index in [0.29, 0.717) is 4.47 Å². The van der Waals surface area contributed by atoms with Crippen LogP contribution in [0.25, 0.3) is 0 Å². The Morgan fingerprint density at radius 3 is 3.00 bits per heavy atom. The third-order valence-corrected chi connectivity index (χ3v) is 2.41. The van der Waals surface area contributed by atoms with Gasteiger partial charge in [0.2, 0.25) is 0 Å². The molecule has 0 bridgehead atoms. The van der Waals surface area contributed by atoms with Gasteiger partial charge in [0.1, 0.15) is 4.47 Å². The van der Waals surface area contributed by atoms with Gasteiger partial charge in [-0.15, -0.1) is 0 Å². The van der Waals surface area contributed by atoms with Gasteiger partial charge in [0.25, 0.3) is 5.56 Å². The second-order valence-electron chi connectivity index (χ2n) is 2.95. The standard InChI is InChI=1S/C9H13BrN2O/c1-2-3-4-5-12-7-11-6-8(10)9(12)13/h6-7H,2-5H2,1H3. The Hall–Kier alpha value is -0.640. The molecule has 1 aromatic heterocycles. The van der Waals surface area contributed by atoms with Crippen LogP contribution in [0.4, 0.5) is 0 Å². The van der Waals surface area contributed by atoms with Crippen LogP contribution in [0.15, 0.2) is 21.8 Å². The maximum Gasteiger partial charge on any atom is 0.267 e. The molecular formula is C9H13BrN2O. The molecular weight excluding hydrogens is 232 g/mol. The van der Waals surface area contributed by atoms with Crippen LogP contribution >= 0.6 is 15.9 Å². The molecule has 0 radical (unpaired) electrons. The van der Waals surface area contributed by atoms with Crippen molar-refractivity contribution < 1.29 is 0 Å². The van der Waals surface area contributed by atoms with Crippen molar-refractivity contribution in [2.45, 2.75) is 32.7 Å². The van der Waals surface area contributed by atoms with Gasteiger partial charge < -0.3 is 0 Å². The van der Waals surface area contributed by atoms with Crippen molar-refractivity contribution in [1.29, 1.82) is 0 Å². The molecule has 0 amide bonds. The molecule has 0 aromatic carbocycles. The van der Waals surface area contributed by atoms with Crippen molar-refractivity contribution in [1.82, 2.24) is 9.55 Å². The third kappa shape index (κ3) is 2.95. The minimum Gasteiger partial charge on any atom is -0.298 e. The average molecular weight is 245 g/mol. The van der Waals surface area contributed by atoms with E-state index in [9.17, 15) is 4.79 Å². The third-order valence-electron chi connectivity index (χ3n) is 1.86.